The number of pyridine rings is 1. The molecule has 2 rings (SSSR count). The van der Waals surface area contributed by atoms with Crippen LogP contribution in [0.4, 0.5) is 4.39 Å². The Morgan fingerprint density at radius 2 is 2.15 bits per heavy atom. The highest BCUT2D eigenvalue weighted by Gasteiger charge is 2.38. The van der Waals surface area contributed by atoms with Gasteiger partial charge in [0.1, 0.15) is 11.5 Å². The van der Waals surface area contributed by atoms with E-state index in [1.54, 1.807) is 16.7 Å². The third-order valence-electron chi connectivity index (χ3n) is 3.64. The van der Waals surface area contributed by atoms with E-state index in [9.17, 15) is 9.18 Å². The largest absolute Gasteiger partial charge is 0.392 e. The van der Waals surface area contributed by atoms with Crippen LogP contribution in [0.1, 0.15) is 23.3 Å². The molecule has 1 saturated heterocycles. The van der Waals surface area contributed by atoms with Crippen LogP contribution in [0.5, 0.6) is 0 Å². The molecule has 0 aromatic carbocycles. The molecule has 2 N–H and O–H groups in total. The average molecular weight is 313 g/mol. The quantitative estimate of drug-likeness (QED) is 0.863. The zero-order valence-electron chi connectivity index (χ0n) is 11.1. The van der Waals surface area contributed by atoms with Crippen LogP contribution in [0.3, 0.4) is 0 Å². The number of carbonyl (C=O) groups is 1. The van der Waals surface area contributed by atoms with Gasteiger partial charge in [-0.2, -0.15) is 11.8 Å². The lowest BCUT2D eigenvalue weighted by molar-refractivity contribution is 0.0713. The first-order valence-electron chi connectivity index (χ1n) is 6.24. The van der Waals surface area contributed by atoms with Gasteiger partial charge in [-0.25, -0.2) is 9.37 Å². The van der Waals surface area contributed by atoms with Crippen LogP contribution in [0, 0.1) is 5.82 Å². The van der Waals surface area contributed by atoms with E-state index in [1.807, 2.05) is 6.26 Å². The molecule has 7 heteroatoms. The van der Waals surface area contributed by atoms with Gasteiger partial charge in [0.15, 0.2) is 0 Å². The third kappa shape index (κ3) is 2.93. The van der Waals surface area contributed by atoms with Gasteiger partial charge in [-0.1, -0.05) is 12.2 Å². The van der Waals surface area contributed by atoms with Crippen molar-refractivity contribution in [2.75, 3.05) is 19.3 Å². The second kappa shape index (κ2) is 6.05. The molecule has 0 bridgehead atoms. The molecule has 0 aliphatic carbocycles. The summed E-state index contributed by atoms with van der Waals surface area (Å²) in [5.74, 6) is -0.627. The van der Waals surface area contributed by atoms with E-state index < -0.39 is 5.82 Å². The average Bonchev–Trinajstić information content (AvgIpc) is 2.47. The molecule has 2 heterocycles. The van der Waals surface area contributed by atoms with Gasteiger partial charge < -0.3 is 10.6 Å². The topological polar surface area (TPSA) is 59.2 Å². The Morgan fingerprint density at radius 1 is 1.50 bits per heavy atom. The van der Waals surface area contributed by atoms with Gasteiger partial charge in [-0.05, 0) is 31.2 Å². The van der Waals surface area contributed by atoms with Gasteiger partial charge in [-0.15, -0.1) is 0 Å². The molecular weight excluding hydrogens is 297 g/mol. The van der Waals surface area contributed by atoms with Crippen molar-refractivity contribution in [3.63, 3.8) is 0 Å². The lowest BCUT2D eigenvalue weighted by atomic mass is 9.95. The Balaban J connectivity index is 2.05. The van der Waals surface area contributed by atoms with Gasteiger partial charge in [0.05, 0.1) is 15.9 Å². The Kier molecular flexibility index (Phi) is 4.59. The zero-order chi connectivity index (χ0) is 14.8. The number of likely N-dealkylation sites (tertiary alicyclic amines) is 1. The van der Waals surface area contributed by atoms with Crippen molar-refractivity contribution in [2.24, 2.45) is 5.73 Å². The number of nitrogens with zero attached hydrogens (tertiary/aromatic N) is 2. The molecule has 0 unspecified atom stereocenters. The van der Waals surface area contributed by atoms with Crippen molar-refractivity contribution >= 4 is 34.9 Å². The van der Waals surface area contributed by atoms with Gasteiger partial charge in [0, 0.05) is 13.1 Å². The number of thiocarbonyl (C=S) groups is 1. The molecule has 4 nitrogen and oxygen atoms in total. The first kappa shape index (κ1) is 15.2. The van der Waals surface area contributed by atoms with Gasteiger partial charge in [-0.3, -0.25) is 4.79 Å². The van der Waals surface area contributed by atoms with E-state index in [0.29, 0.717) is 18.1 Å². The number of rotatable bonds is 3. The van der Waals surface area contributed by atoms with Gasteiger partial charge in [0.25, 0.3) is 5.91 Å². The summed E-state index contributed by atoms with van der Waals surface area (Å²) in [5.41, 5.74) is 6.08. The first-order chi connectivity index (χ1) is 9.48. The van der Waals surface area contributed by atoms with Crippen molar-refractivity contribution < 1.29 is 9.18 Å². The Bertz CT molecular complexity index is 513. The summed E-state index contributed by atoms with van der Waals surface area (Å²) < 4.78 is 12.6. The van der Waals surface area contributed by atoms with Crippen LogP contribution in [-0.4, -0.2) is 44.9 Å². The lowest BCUT2D eigenvalue weighted by Gasteiger charge is -2.39. The Morgan fingerprint density at radius 3 is 2.60 bits per heavy atom. The molecule has 0 radical (unpaired) electrons. The lowest BCUT2D eigenvalue weighted by Crippen LogP contribution is -2.50. The Hall–Kier alpha value is -1.21. The highest BCUT2D eigenvalue weighted by Crippen LogP contribution is 2.35. The van der Waals surface area contributed by atoms with Crippen molar-refractivity contribution in [3.8, 4) is 0 Å². The number of hydrogen-bond acceptors (Lipinski definition) is 4. The number of hydrogen-bond donors (Lipinski definition) is 1. The summed E-state index contributed by atoms with van der Waals surface area (Å²) in [6, 6.07) is 2.65. The minimum Gasteiger partial charge on any atom is -0.392 e. The molecule has 1 aromatic heterocycles. The van der Waals surface area contributed by atoms with E-state index >= 15 is 0 Å². The molecule has 0 saturated carbocycles. The van der Waals surface area contributed by atoms with Gasteiger partial charge in [0.2, 0.25) is 0 Å². The fraction of sp³-hybridized carbons (Fsp3) is 0.462. The number of carbonyl (C=O) groups excluding carboxylic acids is 1. The molecule has 1 fully saturated rings. The van der Waals surface area contributed by atoms with Crippen molar-refractivity contribution in [2.45, 2.75) is 17.6 Å². The molecule has 0 atom stereocenters. The van der Waals surface area contributed by atoms with E-state index in [4.69, 9.17) is 18.0 Å². The summed E-state index contributed by atoms with van der Waals surface area (Å²) in [6.45, 7) is 1.16. The normalized spacial score (nSPS) is 17.8. The van der Waals surface area contributed by atoms with Crippen molar-refractivity contribution in [3.05, 3.63) is 29.8 Å². The monoisotopic (exact) mass is 313 g/mol. The van der Waals surface area contributed by atoms with Crippen LogP contribution in [0.25, 0.3) is 0 Å². The van der Waals surface area contributed by atoms with Crippen LogP contribution >= 0.6 is 24.0 Å². The maximum absolute atomic E-state index is 12.8. The molecule has 20 heavy (non-hydrogen) atoms. The zero-order valence-corrected chi connectivity index (χ0v) is 12.8. The minimum atomic E-state index is -0.449. The van der Waals surface area contributed by atoms with Gasteiger partial charge >= 0.3 is 0 Å². The Labute approximate surface area is 126 Å². The summed E-state index contributed by atoms with van der Waals surface area (Å²) >= 11 is 6.78. The minimum absolute atomic E-state index is 0.178. The number of halogens is 1. The van der Waals surface area contributed by atoms with Crippen molar-refractivity contribution in [1.82, 2.24) is 9.88 Å². The smallest absolute Gasteiger partial charge is 0.272 e. The molecule has 1 amide bonds. The first-order valence-corrected chi connectivity index (χ1v) is 7.88. The van der Waals surface area contributed by atoms with Crippen LogP contribution in [0.2, 0.25) is 0 Å². The maximum atomic E-state index is 12.8. The summed E-state index contributed by atoms with van der Waals surface area (Å²) in [6.07, 6.45) is 4.50. The summed E-state index contributed by atoms with van der Waals surface area (Å²) in [5, 5.41) is 0. The van der Waals surface area contributed by atoms with Crippen LogP contribution < -0.4 is 5.73 Å². The second-order valence-corrected chi connectivity index (χ2v) is 6.35. The molecule has 1 aliphatic heterocycles. The fourth-order valence-corrected chi connectivity index (χ4v) is 3.53. The second-order valence-electron chi connectivity index (χ2n) is 4.72. The number of piperidine rings is 1. The molecule has 1 aliphatic rings. The predicted molar refractivity (Wildman–Crippen MR) is 82.4 cm³/mol. The van der Waals surface area contributed by atoms with E-state index in [-0.39, 0.29) is 16.3 Å². The SMILES string of the molecule is CSC1(C(N)=S)CCN(C(=O)c2ccc(F)cn2)CC1. The van der Waals surface area contributed by atoms with E-state index in [0.717, 1.165) is 19.0 Å². The molecule has 0 spiro atoms. The van der Waals surface area contributed by atoms with Crippen LogP contribution in [0.15, 0.2) is 18.3 Å². The maximum Gasteiger partial charge on any atom is 0.272 e. The third-order valence-corrected chi connectivity index (χ3v) is 5.57. The van der Waals surface area contributed by atoms with Crippen LogP contribution in [-0.2, 0) is 0 Å². The molecular formula is C13H16FN3OS2. The molecule has 108 valence electrons. The fourth-order valence-electron chi connectivity index (χ4n) is 2.29. The predicted octanol–water partition coefficient (Wildman–Crippen LogP) is 1.84. The standard InChI is InChI=1S/C13H16FN3OS2/c1-20-13(12(15)19)4-6-17(7-5-13)11(18)10-3-2-9(14)8-16-10/h2-3,8H,4-7H2,1H3,(H2,15,19). The number of amides is 1. The highest BCUT2D eigenvalue weighted by atomic mass is 32.2. The van der Waals surface area contributed by atoms with E-state index in [2.05, 4.69) is 4.98 Å². The number of thioether (sulfide) groups is 1. The summed E-state index contributed by atoms with van der Waals surface area (Å²) in [4.78, 5) is 18.3. The number of aromatic nitrogens is 1. The van der Waals surface area contributed by atoms with Crippen molar-refractivity contribution in [1.29, 1.82) is 0 Å². The summed E-state index contributed by atoms with van der Waals surface area (Å²) in [7, 11) is 0. The highest BCUT2D eigenvalue weighted by molar-refractivity contribution is 8.02. The van der Waals surface area contributed by atoms with E-state index in [1.165, 1.54) is 12.1 Å². The number of nitrogens with two attached hydrogens (primary N) is 1. The molecule has 1 aromatic rings.